The largest absolute Gasteiger partial charge is 4.00 e. The molecule has 4 aromatic carbocycles. The Hall–Kier alpha value is -3.04. The van der Waals surface area contributed by atoms with Gasteiger partial charge >= 0.3 is 25.8 Å². The molecule has 0 aromatic heterocycles. The Bertz CT molecular complexity index is 1610. The first-order valence-corrected chi connectivity index (χ1v) is 15.0. The molecule has 1 aliphatic heterocycles. The van der Waals surface area contributed by atoms with E-state index in [1.54, 1.807) is 0 Å². The van der Waals surface area contributed by atoms with Crippen molar-refractivity contribution >= 4 is 27.9 Å². The molecule has 226 valence electrons. The third-order valence-corrected chi connectivity index (χ3v) is 8.07. The van der Waals surface area contributed by atoms with Gasteiger partial charge in [0.2, 0.25) is 0 Å². The van der Waals surface area contributed by atoms with Crippen LogP contribution < -0.4 is 0 Å². The van der Waals surface area contributed by atoms with Gasteiger partial charge in [-0.05, 0) is 35.9 Å². The van der Waals surface area contributed by atoms with Gasteiger partial charge in [-0.2, -0.15) is 0 Å². The molecular formula is C41H48HfN2. The standard InChI is InChI=1S/C39H42N2.2CH3.Hf/c1-25(2)30-16-10-11-18-35(30)39(41-38-31(26(3)4)19-13-20-32(38)27(5)6)36-23-22-28(7)24-37(40-36)34-21-12-15-29-14-8-9-17-33(29)34;;;/h8-20,22,24-27,39H,23H2,1-7H3;2*1H3;/q-2;2*-1;+4. The van der Waals surface area contributed by atoms with Crippen molar-refractivity contribution in [2.45, 2.75) is 78.7 Å². The van der Waals surface area contributed by atoms with Crippen LogP contribution in [0.4, 0.5) is 5.69 Å². The van der Waals surface area contributed by atoms with E-state index in [-0.39, 0.29) is 46.7 Å². The van der Waals surface area contributed by atoms with E-state index < -0.39 is 0 Å². The minimum atomic E-state index is -0.202. The van der Waals surface area contributed by atoms with E-state index in [9.17, 15) is 0 Å². The molecule has 0 bridgehead atoms. The second kappa shape index (κ2) is 16.3. The Morgan fingerprint density at radius 1 is 0.705 bits per heavy atom. The maximum Gasteiger partial charge on any atom is 4.00 e. The number of nitrogens with zero attached hydrogens (tertiary/aromatic N) is 2. The summed E-state index contributed by atoms with van der Waals surface area (Å²) in [6.45, 7) is 15.8. The predicted octanol–water partition coefficient (Wildman–Crippen LogP) is 12.5. The van der Waals surface area contributed by atoms with Crippen molar-refractivity contribution in [3.63, 3.8) is 0 Å². The van der Waals surface area contributed by atoms with Gasteiger partial charge in [-0.3, -0.25) is 0 Å². The first-order valence-electron chi connectivity index (χ1n) is 15.0. The minimum absolute atomic E-state index is 0. The third kappa shape index (κ3) is 7.96. The van der Waals surface area contributed by atoms with E-state index in [1.807, 2.05) is 6.07 Å². The smallest absolute Gasteiger partial charge is 0.673 e. The summed E-state index contributed by atoms with van der Waals surface area (Å²) >= 11 is 0. The van der Waals surface area contributed by atoms with Crippen LogP contribution >= 0.6 is 0 Å². The molecule has 0 radical (unpaired) electrons. The van der Waals surface area contributed by atoms with Crippen molar-refractivity contribution in [3.8, 4) is 0 Å². The maximum atomic E-state index is 5.70. The molecule has 0 saturated heterocycles. The van der Waals surface area contributed by atoms with Crippen molar-refractivity contribution in [3.05, 3.63) is 151 Å². The van der Waals surface area contributed by atoms with E-state index >= 15 is 0 Å². The quantitative estimate of drug-likeness (QED) is 0.127. The molecule has 4 aromatic rings. The summed E-state index contributed by atoms with van der Waals surface area (Å²) in [5, 5.41) is 8.06. The second-order valence-corrected chi connectivity index (χ2v) is 12.1. The Morgan fingerprint density at radius 3 is 1.91 bits per heavy atom. The van der Waals surface area contributed by atoms with E-state index in [0.717, 1.165) is 29.1 Å². The van der Waals surface area contributed by atoms with Crippen LogP contribution in [0.5, 0.6) is 0 Å². The van der Waals surface area contributed by atoms with Gasteiger partial charge in [0.1, 0.15) is 0 Å². The van der Waals surface area contributed by atoms with Crippen molar-refractivity contribution in [1.29, 1.82) is 0 Å². The van der Waals surface area contributed by atoms with E-state index in [0.29, 0.717) is 17.8 Å². The first kappa shape index (κ1) is 37.1. The van der Waals surface area contributed by atoms with Gasteiger partial charge in [0.05, 0.1) is 0 Å². The Morgan fingerprint density at radius 2 is 1.27 bits per heavy atom. The summed E-state index contributed by atoms with van der Waals surface area (Å²) < 4.78 is 0. The number of benzene rings is 4. The van der Waals surface area contributed by atoms with Gasteiger partial charge in [-0.25, -0.2) is 0 Å². The molecule has 44 heavy (non-hydrogen) atoms. The Balaban J connectivity index is 0.00000225. The van der Waals surface area contributed by atoms with Crippen molar-refractivity contribution in [2.24, 2.45) is 4.99 Å². The Labute approximate surface area is 286 Å². The van der Waals surface area contributed by atoms with Crippen LogP contribution in [-0.4, -0.2) is 5.71 Å². The zero-order chi connectivity index (χ0) is 29.1. The monoisotopic (exact) mass is 748 g/mol. The zero-order valence-electron chi connectivity index (χ0n) is 28.1. The zero-order valence-corrected chi connectivity index (χ0v) is 31.7. The molecule has 1 aliphatic rings. The summed E-state index contributed by atoms with van der Waals surface area (Å²) in [6.07, 6.45) is 5.26. The average Bonchev–Trinajstić information content (AvgIpc) is 3.16. The fourth-order valence-corrected chi connectivity index (χ4v) is 5.85. The van der Waals surface area contributed by atoms with Crippen LogP contribution in [-0.2, 0) is 25.8 Å². The summed E-state index contributed by atoms with van der Waals surface area (Å²) in [5.41, 5.74) is 10.5. The molecule has 1 unspecified atom stereocenters. The van der Waals surface area contributed by atoms with E-state index in [4.69, 9.17) is 10.3 Å². The van der Waals surface area contributed by atoms with Crippen LogP contribution in [0.25, 0.3) is 21.8 Å². The molecule has 0 amide bonds. The van der Waals surface area contributed by atoms with Gasteiger partial charge in [-0.15, -0.1) is 34.8 Å². The summed E-state index contributed by atoms with van der Waals surface area (Å²) in [5.74, 6) is 1.11. The fraction of sp³-hybridized carbons (Fsp3) is 0.293. The number of fused-ring (bicyclic) bond motifs is 1. The molecule has 1 heterocycles. The van der Waals surface area contributed by atoms with Gasteiger partial charge < -0.3 is 25.2 Å². The van der Waals surface area contributed by atoms with Gasteiger partial charge in [0, 0.05) is 12.1 Å². The molecule has 0 fully saturated rings. The van der Waals surface area contributed by atoms with Crippen molar-refractivity contribution < 1.29 is 25.8 Å². The topological polar surface area (TPSA) is 26.5 Å². The number of allylic oxidation sites excluding steroid dienone is 3. The van der Waals surface area contributed by atoms with Crippen LogP contribution in [0.2, 0.25) is 0 Å². The summed E-state index contributed by atoms with van der Waals surface area (Å²) in [7, 11) is 0. The molecule has 5 rings (SSSR count). The molecular weight excluding hydrogens is 699 g/mol. The number of hydrogen-bond donors (Lipinski definition) is 0. The van der Waals surface area contributed by atoms with Crippen LogP contribution in [0.3, 0.4) is 0 Å². The molecule has 0 spiro atoms. The number of aliphatic imine (C=N–C) groups is 1. The van der Waals surface area contributed by atoms with Crippen LogP contribution in [0.15, 0.2) is 102 Å². The van der Waals surface area contributed by atoms with Gasteiger partial charge in [-0.1, -0.05) is 154 Å². The normalized spacial score (nSPS) is 13.6. The SMILES string of the molecule is CC1=CCC(C([N-]c2c(C(C)C)cccc2C(C)C)c2ccccc2C(C)C)=NC(c2[c-]ccc3ccccc23)=C1.[CH3-].[CH3-].[Hf+4]. The van der Waals surface area contributed by atoms with E-state index in [2.05, 4.69) is 139 Å². The summed E-state index contributed by atoms with van der Waals surface area (Å²) in [6, 6.07) is 31.5. The average molecular weight is 747 g/mol. The number of para-hydroxylation sites is 1. The number of rotatable bonds is 8. The fourth-order valence-electron chi connectivity index (χ4n) is 5.85. The van der Waals surface area contributed by atoms with Crippen LogP contribution in [0, 0.1) is 20.9 Å². The van der Waals surface area contributed by atoms with Crippen molar-refractivity contribution in [1.82, 2.24) is 0 Å². The third-order valence-electron chi connectivity index (χ3n) is 8.07. The van der Waals surface area contributed by atoms with Crippen molar-refractivity contribution in [2.75, 3.05) is 0 Å². The van der Waals surface area contributed by atoms with Gasteiger partial charge in [0.25, 0.3) is 0 Å². The molecule has 2 nitrogen and oxygen atoms in total. The Kier molecular flexibility index (Phi) is 13.8. The number of hydrogen-bond acceptors (Lipinski definition) is 1. The molecule has 0 N–H and O–H groups in total. The summed E-state index contributed by atoms with van der Waals surface area (Å²) in [4.78, 5) is 5.47. The molecule has 0 aliphatic carbocycles. The second-order valence-electron chi connectivity index (χ2n) is 12.1. The first-order chi connectivity index (χ1) is 19.7. The van der Waals surface area contributed by atoms with Gasteiger partial charge in [0.15, 0.2) is 0 Å². The predicted molar refractivity (Wildman–Crippen MR) is 190 cm³/mol. The molecule has 0 saturated carbocycles. The molecule has 3 heteroatoms. The van der Waals surface area contributed by atoms with Crippen LogP contribution in [0.1, 0.15) is 106 Å². The maximum absolute atomic E-state index is 5.70. The molecule has 1 atom stereocenters. The van der Waals surface area contributed by atoms with E-state index in [1.165, 1.54) is 38.6 Å². The minimum Gasteiger partial charge on any atom is -0.673 e.